The molecule has 0 saturated carbocycles. The van der Waals surface area contributed by atoms with E-state index in [1.54, 1.807) is 0 Å². The van der Waals surface area contributed by atoms with Gasteiger partial charge in [0.05, 0.1) is 25.3 Å². The topological polar surface area (TPSA) is 48.9 Å². The molecule has 0 aromatic heterocycles. The molecule has 1 aromatic rings. The number of nitrogens with zero attached hydrogens (tertiary/aromatic N) is 2. The Morgan fingerprint density at radius 3 is 2.70 bits per heavy atom. The number of benzene rings is 1. The molecule has 150 valence electrons. The number of rotatable bonds is 7. The second-order valence-corrected chi connectivity index (χ2v) is 8.67. The Bertz CT molecular complexity index is 599. The third kappa shape index (κ3) is 6.01. The first kappa shape index (κ1) is 20.8. The predicted molar refractivity (Wildman–Crippen MR) is 116 cm³/mol. The van der Waals surface area contributed by atoms with Crippen LogP contribution < -0.4 is 10.6 Å². The number of hydrogen-bond acceptors (Lipinski definition) is 4. The van der Waals surface area contributed by atoms with Crippen LogP contribution in [0.25, 0.3) is 0 Å². The Kier molecular flexibility index (Phi) is 8.12. The van der Waals surface area contributed by atoms with Crippen LogP contribution in [0, 0.1) is 0 Å². The molecule has 3 rings (SSSR count). The zero-order chi connectivity index (χ0) is 19.0. The van der Waals surface area contributed by atoms with Gasteiger partial charge in [-0.25, -0.2) is 0 Å². The van der Waals surface area contributed by atoms with Crippen LogP contribution in [0.1, 0.15) is 18.9 Å². The Morgan fingerprint density at radius 1 is 1.26 bits per heavy atom. The highest BCUT2D eigenvalue weighted by molar-refractivity contribution is 7.99. The van der Waals surface area contributed by atoms with Crippen LogP contribution in [-0.2, 0) is 11.2 Å². The molecule has 7 heteroatoms. The van der Waals surface area contributed by atoms with Crippen LogP contribution in [-0.4, -0.2) is 73.8 Å². The highest BCUT2D eigenvalue weighted by Crippen LogP contribution is 2.34. The summed E-state index contributed by atoms with van der Waals surface area (Å²) in [6.07, 6.45) is 2.16. The van der Waals surface area contributed by atoms with Gasteiger partial charge >= 0.3 is 0 Å². The molecule has 1 aromatic carbocycles. The number of morpholine rings is 1. The summed E-state index contributed by atoms with van der Waals surface area (Å²) in [5, 5.41) is 7.66. The van der Waals surface area contributed by atoms with Crippen molar-refractivity contribution in [3.8, 4) is 0 Å². The minimum absolute atomic E-state index is 0.187. The quantitative estimate of drug-likeness (QED) is 0.534. The zero-order valence-corrected chi connectivity index (χ0v) is 17.7. The molecule has 27 heavy (non-hydrogen) atoms. The molecule has 0 spiro atoms. The first-order valence-corrected chi connectivity index (χ1v) is 11.4. The molecule has 2 N–H and O–H groups in total. The number of thioether (sulfide) groups is 1. The summed E-state index contributed by atoms with van der Waals surface area (Å²) in [5.74, 6) is 3.31. The summed E-state index contributed by atoms with van der Waals surface area (Å²) in [5.41, 5.74) is 1.47. The van der Waals surface area contributed by atoms with E-state index in [0.717, 1.165) is 63.3 Å². The molecule has 0 bridgehead atoms. The average molecular weight is 411 g/mol. The smallest absolute Gasteiger partial charge is 0.191 e. The van der Waals surface area contributed by atoms with E-state index < -0.39 is 0 Å². The number of hydrogen-bond donors (Lipinski definition) is 2. The number of nitrogens with one attached hydrogen (secondary N) is 2. The van der Waals surface area contributed by atoms with E-state index in [4.69, 9.17) is 21.3 Å². The van der Waals surface area contributed by atoms with Gasteiger partial charge in [-0.2, -0.15) is 11.8 Å². The van der Waals surface area contributed by atoms with Crippen molar-refractivity contribution in [3.05, 3.63) is 34.9 Å². The molecule has 1 atom stereocenters. The summed E-state index contributed by atoms with van der Waals surface area (Å²) < 4.78 is 5.55. The minimum atomic E-state index is 0.187. The van der Waals surface area contributed by atoms with Crippen molar-refractivity contribution < 1.29 is 4.74 Å². The summed E-state index contributed by atoms with van der Waals surface area (Å²) >= 11 is 8.01. The van der Waals surface area contributed by atoms with Crippen molar-refractivity contribution in [1.82, 2.24) is 15.5 Å². The molecule has 0 radical (unpaired) electrons. The monoisotopic (exact) mass is 410 g/mol. The van der Waals surface area contributed by atoms with Gasteiger partial charge < -0.3 is 15.4 Å². The number of halogens is 1. The first-order valence-electron chi connectivity index (χ1n) is 9.89. The van der Waals surface area contributed by atoms with E-state index in [-0.39, 0.29) is 5.54 Å². The zero-order valence-electron chi connectivity index (χ0n) is 16.2. The number of aliphatic imine (C=N–C) groups is 1. The van der Waals surface area contributed by atoms with Crippen molar-refractivity contribution in [3.63, 3.8) is 0 Å². The normalized spacial score (nSPS) is 24.1. The fraction of sp³-hybridized carbons (Fsp3) is 0.650. The lowest BCUT2D eigenvalue weighted by molar-refractivity contribution is -0.0104. The van der Waals surface area contributed by atoms with E-state index in [0.29, 0.717) is 0 Å². The molecule has 5 nitrogen and oxygen atoms in total. The molecule has 1 unspecified atom stereocenters. The van der Waals surface area contributed by atoms with Gasteiger partial charge in [0, 0.05) is 37.0 Å². The highest BCUT2D eigenvalue weighted by Gasteiger charge is 2.40. The molecule has 0 aliphatic carbocycles. The summed E-state index contributed by atoms with van der Waals surface area (Å²) in [7, 11) is 0. The van der Waals surface area contributed by atoms with Gasteiger partial charge in [0.15, 0.2) is 5.96 Å². The maximum absolute atomic E-state index is 5.96. The van der Waals surface area contributed by atoms with E-state index in [2.05, 4.69) is 46.4 Å². The predicted octanol–water partition coefficient (Wildman–Crippen LogP) is 2.65. The molecule has 2 saturated heterocycles. The van der Waals surface area contributed by atoms with Crippen molar-refractivity contribution in [2.24, 2.45) is 4.99 Å². The molecular weight excluding hydrogens is 380 g/mol. The lowest BCUT2D eigenvalue weighted by Crippen LogP contribution is -2.56. The van der Waals surface area contributed by atoms with Gasteiger partial charge in [0.2, 0.25) is 0 Å². The van der Waals surface area contributed by atoms with Gasteiger partial charge in [-0.05, 0) is 43.2 Å². The SMILES string of the molecule is CCNC(=NCC1(N2CCOCC2)CCSC1)NCCc1ccc(Cl)cc1. The van der Waals surface area contributed by atoms with E-state index in [1.807, 2.05) is 12.1 Å². The average Bonchev–Trinajstić information content (AvgIpc) is 3.18. The maximum atomic E-state index is 5.96. The van der Waals surface area contributed by atoms with Gasteiger partial charge in [0.25, 0.3) is 0 Å². The summed E-state index contributed by atoms with van der Waals surface area (Å²) in [6, 6.07) is 8.05. The van der Waals surface area contributed by atoms with Crippen LogP contribution in [0.5, 0.6) is 0 Å². The molecule has 2 fully saturated rings. The van der Waals surface area contributed by atoms with Crippen molar-refractivity contribution in [2.75, 3.05) is 57.4 Å². The van der Waals surface area contributed by atoms with Crippen molar-refractivity contribution in [2.45, 2.75) is 25.3 Å². The molecule has 0 amide bonds. The number of guanidine groups is 1. The van der Waals surface area contributed by atoms with Crippen LogP contribution in [0.2, 0.25) is 5.02 Å². The number of ether oxygens (including phenoxy) is 1. The van der Waals surface area contributed by atoms with Crippen molar-refractivity contribution >= 4 is 29.3 Å². The maximum Gasteiger partial charge on any atom is 0.191 e. The summed E-state index contributed by atoms with van der Waals surface area (Å²) in [4.78, 5) is 7.57. The van der Waals surface area contributed by atoms with E-state index >= 15 is 0 Å². The highest BCUT2D eigenvalue weighted by atomic mass is 35.5. The van der Waals surface area contributed by atoms with Crippen molar-refractivity contribution in [1.29, 1.82) is 0 Å². The summed E-state index contributed by atoms with van der Waals surface area (Å²) in [6.45, 7) is 8.41. The molecule has 2 heterocycles. The Morgan fingerprint density at radius 2 is 2.04 bits per heavy atom. The lowest BCUT2D eigenvalue weighted by Gasteiger charge is -2.42. The third-order valence-electron chi connectivity index (χ3n) is 5.26. The third-order valence-corrected chi connectivity index (χ3v) is 6.75. The first-order chi connectivity index (χ1) is 13.2. The van der Waals surface area contributed by atoms with Gasteiger partial charge in [-0.15, -0.1) is 0 Å². The molecule has 2 aliphatic rings. The van der Waals surface area contributed by atoms with Gasteiger partial charge in [0.1, 0.15) is 0 Å². The van der Waals surface area contributed by atoms with Crippen LogP contribution in [0.15, 0.2) is 29.3 Å². The van der Waals surface area contributed by atoms with Crippen LogP contribution >= 0.6 is 23.4 Å². The second-order valence-electron chi connectivity index (χ2n) is 7.12. The minimum Gasteiger partial charge on any atom is -0.379 e. The van der Waals surface area contributed by atoms with Gasteiger partial charge in [-0.3, -0.25) is 9.89 Å². The Labute approximate surface area is 172 Å². The fourth-order valence-electron chi connectivity index (χ4n) is 3.65. The Hall–Kier alpha value is -0.950. The van der Waals surface area contributed by atoms with Crippen LogP contribution in [0.3, 0.4) is 0 Å². The fourth-order valence-corrected chi connectivity index (χ4v) is 5.25. The van der Waals surface area contributed by atoms with E-state index in [1.165, 1.54) is 23.5 Å². The molecular formula is C20H31ClN4OS. The largest absolute Gasteiger partial charge is 0.379 e. The standard InChI is InChI=1S/C20H31ClN4OS/c1-2-22-19(23-9-7-17-3-5-18(21)6-4-17)24-15-20(8-14-27-16-20)25-10-12-26-13-11-25/h3-6H,2,7-16H2,1H3,(H2,22,23,24). The Balaban J connectivity index is 1.57. The second kappa shape index (κ2) is 10.6. The lowest BCUT2D eigenvalue weighted by atomic mass is 9.96. The van der Waals surface area contributed by atoms with E-state index in [9.17, 15) is 0 Å². The van der Waals surface area contributed by atoms with Crippen LogP contribution in [0.4, 0.5) is 0 Å². The van der Waals surface area contributed by atoms with Gasteiger partial charge in [-0.1, -0.05) is 23.7 Å². The molecule has 2 aliphatic heterocycles.